The Hall–Kier alpha value is -2.29. The van der Waals surface area contributed by atoms with E-state index in [1.54, 1.807) is 24.3 Å². The average molecular weight is 385 g/mol. The van der Waals surface area contributed by atoms with E-state index in [9.17, 15) is 9.90 Å². The molecule has 7 nitrogen and oxygen atoms in total. The third-order valence-corrected chi connectivity index (χ3v) is 5.01. The third kappa shape index (κ3) is 3.80. The Balaban J connectivity index is 1.56. The fourth-order valence-electron chi connectivity index (χ4n) is 3.57. The minimum atomic E-state index is -1.09. The van der Waals surface area contributed by atoms with Crippen LogP contribution in [0.3, 0.4) is 0 Å². The Labute approximate surface area is 163 Å². The van der Waals surface area contributed by atoms with Gasteiger partial charge in [-0.25, -0.2) is 0 Å². The average Bonchev–Trinajstić information content (AvgIpc) is 2.76. The van der Waals surface area contributed by atoms with Gasteiger partial charge in [0.15, 0.2) is 12.6 Å². The molecule has 6 atom stereocenters. The Morgan fingerprint density at radius 3 is 2.43 bits per heavy atom. The molecule has 4 rings (SSSR count). The fourth-order valence-corrected chi connectivity index (χ4v) is 3.57. The zero-order valence-corrected chi connectivity index (χ0v) is 15.4. The minimum Gasteiger partial charge on any atom is -0.386 e. The maximum atomic E-state index is 12.7. The first-order valence-corrected chi connectivity index (χ1v) is 9.21. The number of rotatable bonds is 4. The topological polar surface area (TPSA) is 86.3 Å². The highest BCUT2D eigenvalue weighted by atomic mass is 16.7. The van der Waals surface area contributed by atoms with Crippen LogP contribution in [-0.4, -0.2) is 55.4 Å². The van der Waals surface area contributed by atoms with Crippen molar-refractivity contribution in [3.8, 4) is 0 Å². The Morgan fingerprint density at radius 2 is 1.75 bits per heavy atom. The van der Waals surface area contributed by atoms with Gasteiger partial charge in [0.25, 0.3) is 5.91 Å². The number of amides is 1. The van der Waals surface area contributed by atoms with Crippen molar-refractivity contribution in [3.05, 3.63) is 71.8 Å². The third-order valence-electron chi connectivity index (χ3n) is 5.01. The van der Waals surface area contributed by atoms with E-state index in [4.69, 9.17) is 18.9 Å². The van der Waals surface area contributed by atoms with Crippen LogP contribution in [-0.2, 0) is 18.9 Å². The molecule has 0 bridgehead atoms. The molecule has 2 aromatic carbocycles. The summed E-state index contributed by atoms with van der Waals surface area (Å²) in [4.78, 5) is 12.7. The summed E-state index contributed by atoms with van der Waals surface area (Å²) in [6, 6.07) is 17.6. The second kappa shape index (κ2) is 8.38. The van der Waals surface area contributed by atoms with Crippen molar-refractivity contribution < 1.29 is 28.8 Å². The summed E-state index contributed by atoms with van der Waals surface area (Å²) in [6.07, 6.45) is -3.65. The number of fused-ring (bicyclic) bond motifs is 1. The van der Waals surface area contributed by atoms with E-state index in [-0.39, 0.29) is 12.5 Å². The molecule has 0 spiro atoms. The van der Waals surface area contributed by atoms with Crippen molar-refractivity contribution in [2.24, 2.45) is 0 Å². The van der Waals surface area contributed by atoms with Crippen LogP contribution in [0.15, 0.2) is 60.7 Å². The molecule has 1 amide bonds. The van der Waals surface area contributed by atoms with Crippen LogP contribution in [0.1, 0.15) is 22.2 Å². The molecule has 0 radical (unpaired) electrons. The van der Waals surface area contributed by atoms with Crippen LogP contribution in [0.2, 0.25) is 0 Å². The van der Waals surface area contributed by atoms with E-state index in [1.165, 1.54) is 7.11 Å². The minimum absolute atomic E-state index is 0.258. The van der Waals surface area contributed by atoms with Gasteiger partial charge < -0.3 is 29.4 Å². The highest BCUT2D eigenvalue weighted by molar-refractivity contribution is 5.94. The summed E-state index contributed by atoms with van der Waals surface area (Å²) in [7, 11) is 1.45. The molecule has 0 aromatic heterocycles. The maximum Gasteiger partial charge on any atom is 0.251 e. The van der Waals surface area contributed by atoms with E-state index >= 15 is 0 Å². The first-order valence-electron chi connectivity index (χ1n) is 9.21. The molecule has 2 aliphatic rings. The normalized spacial score (nSPS) is 32.4. The highest BCUT2D eigenvalue weighted by Crippen LogP contribution is 2.34. The van der Waals surface area contributed by atoms with Crippen molar-refractivity contribution >= 4 is 5.91 Å². The van der Waals surface area contributed by atoms with Crippen molar-refractivity contribution in [2.45, 2.75) is 36.9 Å². The molecule has 2 heterocycles. The van der Waals surface area contributed by atoms with E-state index in [0.717, 1.165) is 5.56 Å². The number of aliphatic hydroxyl groups excluding tert-OH is 1. The van der Waals surface area contributed by atoms with Crippen LogP contribution in [0.5, 0.6) is 0 Å². The summed E-state index contributed by atoms with van der Waals surface area (Å²) in [6.45, 7) is 0.258. The molecular weight excluding hydrogens is 362 g/mol. The Bertz CT molecular complexity index is 786. The van der Waals surface area contributed by atoms with E-state index in [2.05, 4.69) is 5.32 Å². The first-order chi connectivity index (χ1) is 13.7. The van der Waals surface area contributed by atoms with Crippen LogP contribution in [0.25, 0.3) is 0 Å². The number of carbonyl (C=O) groups excluding carboxylic acids is 1. The van der Waals surface area contributed by atoms with Gasteiger partial charge in [0.1, 0.15) is 18.3 Å². The smallest absolute Gasteiger partial charge is 0.251 e. The quantitative estimate of drug-likeness (QED) is 0.832. The molecule has 2 aliphatic heterocycles. The highest BCUT2D eigenvalue weighted by Gasteiger charge is 2.50. The van der Waals surface area contributed by atoms with Gasteiger partial charge in [0.05, 0.1) is 12.6 Å². The number of hydrogen-bond acceptors (Lipinski definition) is 6. The molecule has 148 valence electrons. The van der Waals surface area contributed by atoms with Crippen LogP contribution < -0.4 is 5.32 Å². The molecule has 0 aliphatic carbocycles. The van der Waals surface area contributed by atoms with Gasteiger partial charge in [-0.05, 0) is 12.1 Å². The van der Waals surface area contributed by atoms with E-state index in [1.807, 2.05) is 36.4 Å². The predicted molar refractivity (Wildman–Crippen MR) is 99.4 cm³/mol. The zero-order valence-electron chi connectivity index (χ0n) is 15.4. The lowest BCUT2D eigenvalue weighted by molar-refractivity contribution is -0.340. The van der Waals surface area contributed by atoms with E-state index < -0.39 is 36.9 Å². The summed E-state index contributed by atoms with van der Waals surface area (Å²) >= 11 is 0. The predicted octanol–water partition coefficient (Wildman–Crippen LogP) is 1.63. The van der Waals surface area contributed by atoms with Crippen LogP contribution in [0.4, 0.5) is 0 Å². The fraction of sp³-hybridized carbons (Fsp3) is 0.381. The molecule has 2 aromatic rings. The lowest BCUT2D eigenvalue weighted by Gasteiger charge is -2.47. The number of methoxy groups -OCH3 is 1. The SMILES string of the molecule is CO[C@H]1O[C@@H]2CO[C@@H](c3ccccc3)O[C@H]2[C@@H](NC(=O)c2ccccc2)[C@@H]1O. The number of carbonyl (C=O) groups is 1. The van der Waals surface area contributed by atoms with Crippen molar-refractivity contribution in [2.75, 3.05) is 13.7 Å². The molecule has 0 saturated carbocycles. The van der Waals surface area contributed by atoms with Crippen molar-refractivity contribution in [1.29, 1.82) is 0 Å². The van der Waals surface area contributed by atoms with Crippen LogP contribution >= 0.6 is 0 Å². The molecule has 7 heteroatoms. The number of nitrogens with one attached hydrogen (secondary N) is 1. The molecular formula is C21H23NO6. The number of aliphatic hydroxyl groups is 1. The molecule has 2 fully saturated rings. The second-order valence-electron chi connectivity index (χ2n) is 6.81. The van der Waals surface area contributed by atoms with Crippen molar-refractivity contribution in [3.63, 3.8) is 0 Å². The monoisotopic (exact) mass is 385 g/mol. The van der Waals surface area contributed by atoms with Gasteiger partial charge in [0.2, 0.25) is 0 Å². The number of ether oxygens (including phenoxy) is 4. The van der Waals surface area contributed by atoms with Gasteiger partial charge in [-0.15, -0.1) is 0 Å². The second-order valence-corrected chi connectivity index (χ2v) is 6.81. The summed E-state index contributed by atoms with van der Waals surface area (Å²) in [5, 5.41) is 13.6. The summed E-state index contributed by atoms with van der Waals surface area (Å²) in [5.74, 6) is -0.300. The standard InChI is InChI=1S/C21H23NO6/c1-25-21-17(23)16(22-19(24)13-8-4-2-5-9-13)18-15(27-21)12-26-20(28-18)14-10-6-3-7-11-14/h2-11,15-18,20-21,23H,12H2,1H3,(H,22,24)/t15-,16+,17+,18-,20-,21+/m1/s1. The summed E-state index contributed by atoms with van der Waals surface area (Å²) < 4.78 is 22.9. The maximum absolute atomic E-state index is 12.7. The van der Waals surface area contributed by atoms with Crippen molar-refractivity contribution in [1.82, 2.24) is 5.32 Å². The number of hydrogen-bond donors (Lipinski definition) is 2. The summed E-state index contributed by atoms with van der Waals surface area (Å²) in [5.41, 5.74) is 1.36. The largest absolute Gasteiger partial charge is 0.386 e. The van der Waals surface area contributed by atoms with Crippen LogP contribution in [0, 0.1) is 0 Å². The number of benzene rings is 2. The van der Waals surface area contributed by atoms with Gasteiger partial charge in [-0.1, -0.05) is 48.5 Å². The molecule has 28 heavy (non-hydrogen) atoms. The Morgan fingerprint density at radius 1 is 1.07 bits per heavy atom. The first kappa shape index (κ1) is 19.0. The molecule has 2 saturated heterocycles. The zero-order chi connectivity index (χ0) is 19.5. The molecule has 2 N–H and O–H groups in total. The lowest BCUT2D eigenvalue weighted by Crippen LogP contribution is -2.67. The lowest BCUT2D eigenvalue weighted by atomic mass is 9.94. The molecule has 0 unspecified atom stereocenters. The van der Waals surface area contributed by atoms with E-state index in [0.29, 0.717) is 5.56 Å². The van der Waals surface area contributed by atoms with Gasteiger partial charge in [-0.3, -0.25) is 4.79 Å². The Kier molecular flexibility index (Phi) is 5.70. The van der Waals surface area contributed by atoms with Gasteiger partial charge >= 0.3 is 0 Å². The van der Waals surface area contributed by atoms with Gasteiger partial charge in [-0.2, -0.15) is 0 Å². The van der Waals surface area contributed by atoms with Gasteiger partial charge in [0, 0.05) is 18.2 Å².